The number of benzene rings is 2. The number of piperazine rings is 1. The third-order valence-electron chi connectivity index (χ3n) is 6.81. The molecular weight excluding hydrogens is 400 g/mol. The Morgan fingerprint density at radius 2 is 1.53 bits per heavy atom. The van der Waals surface area contributed by atoms with E-state index in [-0.39, 0.29) is 17.7 Å². The number of nitrogens with zero attached hydrogens (tertiary/aromatic N) is 3. The molecule has 0 bridgehead atoms. The van der Waals surface area contributed by atoms with Gasteiger partial charge in [0.25, 0.3) is 0 Å². The van der Waals surface area contributed by atoms with Gasteiger partial charge in [0.15, 0.2) is 5.78 Å². The first-order valence-electron chi connectivity index (χ1n) is 11.6. The largest absolute Gasteiger partial charge is 0.360 e. The summed E-state index contributed by atoms with van der Waals surface area (Å²) >= 11 is 0. The molecule has 2 aliphatic heterocycles. The lowest BCUT2D eigenvalue weighted by molar-refractivity contribution is -0.131. The molecule has 166 valence electrons. The highest BCUT2D eigenvalue weighted by molar-refractivity contribution is 6.10. The first kappa shape index (κ1) is 20.9. The Morgan fingerprint density at radius 1 is 0.844 bits per heavy atom. The SMILES string of the molecule is O=C(c1c[nH]c2ccccc12)[C@H](c1ccccc1)N1CCN(CC(=O)N2CCCC2)CC1. The number of likely N-dealkylation sites (tertiary alicyclic amines) is 1. The van der Waals surface area contributed by atoms with Crippen LogP contribution in [-0.4, -0.2) is 77.2 Å². The van der Waals surface area contributed by atoms with Gasteiger partial charge in [-0.25, -0.2) is 0 Å². The van der Waals surface area contributed by atoms with Crippen molar-refractivity contribution in [3.8, 4) is 0 Å². The monoisotopic (exact) mass is 430 g/mol. The van der Waals surface area contributed by atoms with E-state index in [4.69, 9.17) is 0 Å². The summed E-state index contributed by atoms with van der Waals surface area (Å²) in [4.78, 5) is 36.1. The van der Waals surface area contributed by atoms with Gasteiger partial charge in [-0.05, 0) is 24.5 Å². The third-order valence-corrected chi connectivity index (χ3v) is 6.81. The predicted octanol–water partition coefficient (Wildman–Crippen LogP) is 3.33. The Hall–Kier alpha value is -2.96. The van der Waals surface area contributed by atoms with Crippen molar-refractivity contribution in [2.75, 3.05) is 45.8 Å². The minimum absolute atomic E-state index is 0.121. The summed E-state index contributed by atoms with van der Waals surface area (Å²) in [6.07, 6.45) is 4.08. The standard InChI is InChI=1S/C26H30N4O2/c31-24(29-12-6-7-13-29)19-28-14-16-30(17-15-28)25(20-8-2-1-3-9-20)26(32)22-18-27-23-11-5-4-10-21(22)23/h1-5,8-11,18,25,27H,6-7,12-17,19H2/t25-/m0/s1. The summed E-state index contributed by atoms with van der Waals surface area (Å²) < 4.78 is 0. The number of para-hydroxylation sites is 1. The summed E-state index contributed by atoms with van der Waals surface area (Å²) in [5.74, 6) is 0.362. The number of nitrogens with one attached hydrogen (secondary N) is 1. The molecule has 3 aromatic rings. The number of hydrogen-bond donors (Lipinski definition) is 1. The van der Waals surface area contributed by atoms with Crippen molar-refractivity contribution in [1.82, 2.24) is 19.7 Å². The maximum absolute atomic E-state index is 13.8. The van der Waals surface area contributed by atoms with Crippen LogP contribution < -0.4 is 0 Å². The Labute approximate surface area is 188 Å². The zero-order chi connectivity index (χ0) is 21.9. The lowest BCUT2D eigenvalue weighted by Crippen LogP contribution is -2.51. The molecule has 0 saturated carbocycles. The van der Waals surface area contributed by atoms with Gasteiger partial charge >= 0.3 is 0 Å². The molecule has 32 heavy (non-hydrogen) atoms. The zero-order valence-corrected chi connectivity index (χ0v) is 18.4. The Kier molecular flexibility index (Phi) is 6.06. The van der Waals surface area contributed by atoms with Gasteiger partial charge in [0.1, 0.15) is 0 Å². The van der Waals surface area contributed by atoms with Crippen LogP contribution in [0.4, 0.5) is 0 Å². The maximum atomic E-state index is 13.8. The number of H-pyrrole nitrogens is 1. The molecular formula is C26H30N4O2. The fourth-order valence-electron chi connectivity index (χ4n) is 5.02. The molecule has 1 N–H and O–H groups in total. The number of rotatable bonds is 6. The second-order valence-electron chi connectivity index (χ2n) is 8.83. The fourth-order valence-corrected chi connectivity index (χ4v) is 5.02. The van der Waals surface area contributed by atoms with Crippen LogP contribution in [0.1, 0.15) is 34.8 Å². The van der Waals surface area contributed by atoms with Crippen LogP contribution in [-0.2, 0) is 4.79 Å². The minimum atomic E-state index is -0.327. The van der Waals surface area contributed by atoms with Crippen LogP contribution in [0.25, 0.3) is 10.9 Å². The molecule has 1 amide bonds. The number of aromatic nitrogens is 1. The van der Waals surface area contributed by atoms with Crippen molar-refractivity contribution >= 4 is 22.6 Å². The second-order valence-corrected chi connectivity index (χ2v) is 8.83. The number of carbonyl (C=O) groups excluding carboxylic acids is 2. The van der Waals surface area contributed by atoms with Crippen molar-refractivity contribution in [3.63, 3.8) is 0 Å². The second kappa shape index (κ2) is 9.27. The highest BCUT2D eigenvalue weighted by Crippen LogP contribution is 2.29. The number of carbonyl (C=O) groups is 2. The summed E-state index contributed by atoms with van der Waals surface area (Å²) in [6, 6.07) is 17.7. The quantitative estimate of drug-likeness (QED) is 0.610. The van der Waals surface area contributed by atoms with Crippen molar-refractivity contribution < 1.29 is 9.59 Å². The molecule has 3 heterocycles. The Bertz CT molecular complexity index is 1080. The highest BCUT2D eigenvalue weighted by Gasteiger charge is 2.33. The minimum Gasteiger partial charge on any atom is -0.360 e. The Balaban J connectivity index is 1.33. The molecule has 0 aliphatic carbocycles. The molecule has 6 nitrogen and oxygen atoms in total. The molecule has 2 aliphatic rings. The topological polar surface area (TPSA) is 59.7 Å². The van der Waals surface area contributed by atoms with E-state index >= 15 is 0 Å². The normalized spacial score (nSPS) is 18.8. The van der Waals surface area contributed by atoms with E-state index in [0.29, 0.717) is 6.54 Å². The molecule has 0 radical (unpaired) electrons. The van der Waals surface area contributed by atoms with Crippen molar-refractivity contribution in [2.24, 2.45) is 0 Å². The van der Waals surface area contributed by atoms with Crippen LogP contribution >= 0.6 is 0 Å². The fraction of sp³-hybridized carbons (Fsp3) is 0.385. The van der Waals surface area contributed by atoms with E-state index < -0.39 is 0 Å². The van der Waals surface area contributed by atoms with E-state index in [1.54, 1.807) is 0 Å². The number of hydrogen-bond acceptors (Lipinski definition) is 4. The van der Waals surface area contributed by atoms with Gasteiger partial charge in [-0.15, -0.1) is 0 Å². The average molecular weight is 431 g/mol. The average Bonchev–Trinajstić information content (AvgIpc) is 3.51. The van der Waals surface area contributed by atoms with Gasteiger partial charge in [-0.1, -0.05) is 48.5 Å². The van der Waals surface area contributed by atoms with E-state index in [2.05, 4.69) is 14.8 Å². The van der Waals surface area contributed by atoms with Gasteiger partial charge < -0.3 is 9.88 Å². The number of ketones is 1. The van der Waals surface area contributed by atoms with Gasteiger partial charge in [0.2, 0.25) is 5.91 Å². The van der Waals surface area contributed by atoms with E-state index in [1.165, 1.54) is 0 Å². The van der Waals surface area contributed by atoms with E-state index in [0.717, 1.165) is 74.1 Å². The lowest BCUT2D eigenvalue weighted by Gasteiger charge is -2.39. The van der Waals surface area contributed by atoms with Crippen molar-refractivity contribution in [2.45, 2.75) is 18.9 Å². The molecule has 5 rings (SSSR count). The van der Waals surface area contributed by atoms with Gasteiger partial charge in [-0.2, -0.15) is 0 Å². The van der Waals surface area contributed by atoms with Crippen LogP contribution in [0.2, 0.25) is 0 Å². The summed E-state index contributed by atoms with van der Waals surface area (Å²) in [7, 11) is 0. The first-order chi connectivity index (χ1) is 15.7. The van der Waals surface area contributed by atoms with Crippen LogP contribution in [0, 0.1) is 0 Å². The van der Waals surface area contributed by atoms with E-state index in [9.17, 15) is 9.59 Å². The molecule has 1 aromatic heterocycles. The van der Waals surface area contributed by atoms with Crippen molar-refractivity contribution in [3.05, 3.63) is 71.9 Å². The zero-order valence-electron chi connectivity index (χ0n) is 18.4. The van der Waals surface area contributed by atoms with Gasteiger partial charge in [-0.3, -0.25) is 19.4 Å². The summed E-state index contributed by atoms with van der Waals surface area (Å²) in [5, 5.41) is 0.966. The molecule has 2 aromatic carbocycles. The van der Waals surface area contributed by atoms with Crippen LogP contribution in [0.5, 0.6) is 0 Å². The van der Waals surface area contributed by atoms with Crippen LogP contribution in [0.3, 0.4) is 0 Å². The smallest absolute Gasteiger partial charge is 0.236 e. The molecule has 2 saturated heterocycles. The first-order valence-corrected chi connectivity index (χ1v) is 11.6. The van der Waals surface area contributed by atoms with Gasteiger partial charge in [0, 0.05) is 61.9 Å². The molecule has 0 spiro atoms. The number of Topliss-reactive ketones (excluding diaryl/α,β-unsaturated/α-hetero) is 1. The molecule has 1 atom stereocenters. The molecule has 0 unspecified atom stereocenters. The number of amides is 1. The van der Waals surface area contributed by atoms with Crippen molar-refractivity contribution in [1.29, 1.82) is 0 Å². The highest BCUT2D eigenvalue weighted by atomic mass is 16.2. The summed E-state index contributed by atoms with van der Waals surface area (Å²) in [6.45, 7) is 5.40. The molecule has 2 fully saturated rings. The molecule has 6 heteroatoms. The predicted molar refractivity (Wildman–Crippen MR) is 126 cm³/mol. The number of aromatic amines is 1. The van der Waals surface area contributed by atoms with Crippen LogP contribution in [0.15, 0.2) is 60.8 Å². The lowest BCUT2D eigenvalue weighted by atomic mass is 9.95. The summed E-state index contributed by atoms with van der Waals surface area (Å²) in [5.41, 5.74) is 2.73. The van der Waals surface area contributed by atoms with Gasteiger partial charge in [0.05, 0.1) is 12.6 Å². The van der Waals surface area contributed by atoms with E-state index in [1.807, 2.05) is 65.7 Å². The maximum Gasteiger partial charge on any atom is 0.236 e. The number of fused-ring (bicyclic) bond motifs is 1. The Morgan fingerprint density at radius 3 is 2.28 bits per heavy atom. The third kappa shape index (κ3) is 4.20.